The summed E-state index contributed by atoms with van der Waals surface area (Å²) in [4.78, 5) is 22.7. The van der Waals surface area contributed by atoms with Crippen molar-refractivity contribution < 1.29 is 38.7 Å². The smallest absolute Gasteiger partial charge is 0.339 e. The van der Waals surface area contributed by atoms with E-state index in [4.69, 9.17) is 24.1 Å². The molecule has 23 heavy (non-hydrogen) atoms. The van der Waals surface area contributed by atoms with Gasteiger partial charge in [-0.1, -0.05) is 6.92 Å². The van der Waals surface area contributed by atoms with Crippen molar-refractivity contribution in [1.82, 2.24) is 0 Å². The fourth-order valence-electron chi connectivity index (χ4n) is 2.18. The van der Waals surface area contributed by atoms with Crippen LogP contribution in [0.5, 0.6) is 11.5 Å². The van der Waals surface area contributed by atoms with Crippen molar-refractivity contribution in [2.24, 2.45) is 0 Å². The van der Waals surface area contributed by atoms with Crippen molar-refractivity contribution in [3.63, 3.8) is 0 Å². The topological polar surface area (TPSA) is 112 Å². The number of aliphatic carboxylic acids is 1. The van der Waals surface area contributed by atoms with Gasteiger partial charge < -0.3 is 29.2 Å². The van der Waals surface area contributed by atoms with Crippen LogP contribution < -0.4 is 9.47 Å². The standard InChI is InChI=1S/C15H20O8/c1-4-9-10(5-13(16)17)14(15(18)19)12(23-8-21-3)6-11(9)22-7-20-2/h6H,4-5,7-8H2,1-3H3,(H,16,17)(H,18,19). The Morgan fingerprint density at radius 2 is 1.57 bits per heavy atom. The number of ether oxygens (including phenoxy) is 4. The van der Waals surface area contributed by atoms with E-state index in [1.165, 1.54) is 20.3 Å². The molecule has 0 fully saturated rings. The lowest BCUT2D eigenvalue weighted by Gasteiger charge is -2.19. The van der Waals surface area contributed by atoms with Crippen LogP contribution in [-0.4, -0.2) is 50.0 Å². The van der Waals surface area contributed by atoms with Crippen molar-refractivity contribution in [2.45, 2.75) is 19.8 Å². The highest BCUT2D eigenvalue weighted by Gasteiger charge is 2.25. The molecule has 1 rings (SSSR count). The van der Waals surface area contributed by atoms with Gasteiger partial charge in [0.1, 0.15) is 17.1 Å². The van der Waals surface area contributed by atoms with Gasteiger partial charge in [-0.3, -0.25) is 4.79 Å². The summed E-state index contributed by atoms with van der Waals surface area (Å²) < 4.78 is 20.3. The highest BCUT2D eigenvalue weighted by molar-refractivity contribution is 5.95. The second-order valence-corrected chi connectivity index (χ2v) is 4.54. The van der Waals surface area contributed by atoms with Gasteiger partial charge >= 0.3 is 11.9 Å². The van der Waals surface area contributed by atoms with Crippen LogP contribution in [0.15, 0.2) is 6.07 Å². The average Bonchev–Trinajstić information content (AvgIpc) is 2.49. The highest BCUT2D eigenvalue weighted by Crippen LogP contribution is 2.35. The molecule has 0 bridgehead atoms. The van der Waals surface area contributed by atoms with E-state index in [1.807, 2.05) is 0 Å². The maximum atomic E-state index is 11.6. The Morgan fingerprint density at radius 1 is 1.00 bits per heavy atom. The zero-order valence-corrected chi connectivity index (χ0v) is 13.2. The lowest BCUT2D eigenvalue weighted by Crippen LogP contribution is -2.15. The number of carboxylic acid groups (broad SMARTS) is 2. The zero-order chi connectivity index (χ0) is 17.4. The maximum absolute atomic E-state index is 11.6. The second kappa shape index (κ2) is 8.96. The lowest BCUT2D eigenvalue weighted by atomic mass is 9.94. The third-order valence-electron chi connectivity index (χ3n) is 3.03. The fraction of sp³-hybridized carbons (Fsp3) is 0.467. The molecule has 0 unspecified atom stereocenters. The first-order chi connectivity index (χ1) is 11.0. The molecule has 8 nitrogen and oxygen atoms in total. The van der Waals surface area contributed by atoms with Crippen molar-refractivity contribution in [3.05, 3.63) is 22.8 Å². The Hall–Kier alpha value is -2.32. The van der Waals surface area contributed by atoms with Gasteiger partial charge in [-0.25, -0.2) is 4.79 Å². The number of hydrogen-bond donors (Lipinski definition) is 2. The molecule has 0 aliphatic heterocycles. The van der Waals surface area contributed by atoms with Crippen LogP contribution in [0.2, 0.25) is 0 Å². The molecule has 0 spiro atoms. The number of aromatic carboxylic acids is 1. The van der Waals surface area contributed by atoms with Crippen LogP contribution in [0, 0.1) is 0 Å². The number of methoxy groups -OCH3 is 2. The molecule has 0 aliphatic rings. The largest absolute Gasteiger partial charge is 0.481 e. The molecule has 0 saturated heterocycles. The quantitative estimate of drug-likeness (QED) is 0.622. The van der Waals surface area contributed by atoms with Gasteiger partial charge in [0.2, 0.25) is 0 Å². The van der Waals surface area contributed by atoms with Crippen LogP contribution in [0.25, 0.3) is 0 Å². The SMILES string of the molecule is CCc1c(OCOC)cc(OCOC)c(C(=O)O)c1CC(=O)O. The van der Waals surface area contributed by atoms with Crippen molar-refractivity contribution in [2.75, 3.05) is 27.8 Å². The number of carbonyl (C=O) groups is 2. The number of benzene rings is 1. The molecule has 128 valence electrons. The Morgan fingerprint density at radius 3 is 2.00 bits per heavy atom. The summed E-state index contributed by atoms with van der Waals surface area (Å²) in [6.07, 6.45) is -0.0647. The highest BCUT2D eigenvalue weighted by atomic mass is 16.7. The Balaban J connectivity index is 3.54. The van der Waals surface area contributed by atoms with Gasteiger partial charge in [0, 0.05) is 20.3 Å². The zero-order valence-electron chi connectivity index (χ0n) is 13.2. The van der Waals surface area contributed by atoms with Gasteiger partial charge in [0.25, 0.3) is 0 Å². The van der Waals surface area contributed by atoms with E-state index >= 15 is 0 Å². The lowest BCUT2D eigenvalue weighted by molar-refractivity contribution is -0.136. The first kappa shape index (κ1) is 18.7. The molecule has 0 aliphatic carbocycles. The van der Waals surface area contributed by atoms with E-state index in [2.05, 4.69) is 0 Å². The predicted molar refractivity (Wildman–Crippen MR) is 79.1 cm³/mol. The van der Waals surface area contributed by atoms with E-state index in [0.29, 0.717) is 17.7 Å². The van der Waals surface area contributed by atoms with E-state index in [1.54, 1.807) is 6.92 Å². The molecule has 0 saturated carbocycles. The molecule has 1 aromatic carbocycles. The molecule has 0 atom stereocenters. The maximum Gasteiger partial charge on any atom is 0.339 e. The summed E-state index contributed by atoms with van der Waals surface area (Å²) in [5, 5.41) is 18.6. The van der Waals surface area contributed by atoms with E-state index < -0.39 is 18.4 Å². The van der Waals surface area contributed by atoms with Crippen LogP contribution in [-0.2, 0) is 27.1 Å². The fourth-order valence-corrected chi connectivity index (χ4v) is 2.18. The van der Waals surface area contributed by atoms with Crippen molar-refractivity contribution in [3.8, 4) is 11.5 Å². The number of hydrogen-bond acceptors (Lipinski definition) is 6. The summed E-state index contributed by atoms with van der Waals surface area (Å²) in [6, 6.07) is 1.41. The Labute approximate surface area is 133 Å². The second-order valence-electron chi connectivity index (χ2n) is 4.54. The van der Waals surface area contributed by atoms with Crippen molar-refractivity contribution >= 4 is 11.9 Å². The first-order valence-corrected chi connectivity index (χ1v) is 6.83. The summed E-state index contributed by atoms with van der Waals surface area (Å²) in [7, 11) is 2.83. The monoisotopic (exact) mass is 328 g/mol. The molecule has 0 radical (unpaired) electrons. The molecule has 2 N–H and O–H groups in total. The normalized spacial score (nSPS) is 10.4. The van der Waals surface area contributed by atoms with Gasteiger partial charge in [-0.05, 0) is 17.5 Å². The van der Waals surface area contributed by atoms with Crippen molar-refractivity contribution in [1.29, 1.82) is 0 Å². The molecule has 0 heterocycles. The first-order valence-electron chi connectivity index (χ1n) is 6.83. The van der Waals surface area contributed by atoms with Gasteiger partial charge in [-0.2, -0.15) is 0 Å². The minimum atomic E-state index is -1.28. The van der Waals surface area contributed by atoms with Crippen LogP contribution >= 0.6 is 0 Å². The molecule has 0 amide bonds. The van der Waals surface area contributed by atoms with Crippen LogP contribution in [0.1, 0.15) is 28.4 Å². The third-order valence-corrected chi connectivity index (χ3v) is 3.03. The summed E-state index contributed by atoms with van der Waals surface area (Å²) in [5.74, 6) is -2.12. The van der Waals surface area contributed by atoms with E-state index in [9.17, 15) is 14.7 Å². The molecule has 0 aromatic heterocycles. The Kier molecular flexibility index (Phi) is 7.30. The summed E-state index contributed by atoms with van der Waals surface area (Å²) in [5.41, 5.74) is 0.435. The number of rotatable bonds is 10. The van der Waals surface area contributed by atoms with Gasteiger partial charge in [0.05, 0.1) is 6.42 Å². The van der Waals surface area contributed by atoms with Crippen LogP contribution in [0.4, 0.5) is 0 Å². The molecule has 8 heteroatoms. The third kappa shape index (κ3) is 4.83. The Bertz CT molecular complexity index is 567. The molecular formula is C15H20O8. The predicted octanol–water partition coefficient (Wildman–Crippen LogP) is 1.54. The summed E-state index contributed by atoms with van der Waals surface area (Å²) in [6.45, 7) is 1.54. The van der Waals surface area contributed by atoms with E-state index in [0.717, 1.165) is 0 Å². The van der Waals surface area contributed by atoms with Gasteiger partial charge in [0.15, 0.2) is 13.6 Å². The van der Waals surface area contributed by atoms with Crippen LogP contribution in [0.3, 0.4) is 0 Å². The number of carboxylic acids is 2. The minimum Gasteiger partial charge on any atom is -0.481 e. The average molecular weight is 328 g/mol. The van der Waals surface area contributed by atoms with Gasteiger partial charge in [-0.15, -0.1) is 0 Å². The molecular weight excluding hydrogens is 308 g/mol. The van der Waals surface area contributed by atoms with E-state index in [-0.39, 0.29) is 30.5 Å². The molecule has 1 aromatic rings. The summed E-state index contributed by atoms with van der Waals surface area (Å²) >= 11 is 0. The minimum absolute atomic E-state index is 0.0149.